The highest BCUT2D eigenvalue weighted by Gasteiger charge is 2.33. The van der Waals surface area contributed by atoms with Gasteiger partial charge in [0.2, 0.25) is 5.91 Å². The van der Waals surface area contributed by atoms with Gasteiger partial charge in [0.15, 0.2) is 0 Å². The number of methoxy groups -OCH3 is 1. The molecule has 0 aliphatic carbocycles. The normalized spacial score (nSPS) is 13.9. The Balaban J connectivity index is 1.43. The summed E-state index contributed by atoms with van der Waals surface area (Å²) in [6, 6.07) is 18.6. The van der Waals surface area contributed by atoms with Crippen molar-refractivity contribution >= 4 is 23.5 Å². The van der Waals surface area contributed by atoms with Crippen LogP contribution < -0.4 is 9.64 Å². The van der Waals surface area contributed by atoms with Crippen molar-refractivity contribution in [1.82, 2.24) is 14.9 Å². The quantitative estimate of drug-likeness (QED) is 0.564. The van der Waals surface area contributed by atoms with Crippen LogP contribution in [0.3, 0.4) is 0 Å². The van der Waals surface area contributed by atoms with E-state index in [-0.39, 0.29) is 24.5 Å². The molecule has 1 aliphatic rings. The third-order valence-electron chi connectivity index (χ3n) is 5.65. The Kier molecular flexibility index (Phi) is 7.14. The molecule has 0 bridgehead atoms. The number of piperidine rings is 1. The molecule has 170 valence electrons. The number of likely N-dealkylation sites (tertiary alicyclic amines) is 1. The van der Waals surface area contributed by atoms with Crippen LogP contribution in [0.15, 0.2) is 73.2 Å². The van der Waals surface area contributed by atoms with Crippen molar-refractivity contribution in [2.45, 2.75) is 19.4 Å². The highest BCUT2D eigenvalue weighted by molar-refractivity contribution is 6.02. The molecule has 0 spiro atoms. The fourth-order valence-corrected chi connectivity index (χ4v) is 3.89. The Morgan fingerprint density at radius 2 is 1.76 bits per heavy atom. The van der Waals surface area contributed by atoms with E-state index in [2.05, 4.69) is 9.97 Å². The summed E-state index contributed by atoms with van der Waals surface area (Å²) < 4.78 is 10.9. The molecule has 1 saturated heterocycles. The second kappa shape index (κ2) is 10.6. The Morgan fingerprint density at radius 3 is 2.45 bits per heavy atom. The Bertz CT molecular complexity index is 1070. The number of carbonyl (C=O) groups is 2. The smallest absolute Gasteiger partial charge is 0.410 e. The molecular formula is C25H26N4O4. The average Bonchev–Trinajstić information content (AvgIpc) is 2.89. The van der Waals surface area contributed by atoms with Crippen LogP contribution in [0.5, 0.6) is 5.75 Å². The van der Waals surface area contributed by atoms with Crippen molar-refractivity contribution in [3.63, 3.8) is 0 Å². The van der Waals surface area contributed by atoms with E-state index in [9.17, 15) is 9.59 Å². The van der Waals surface area contributed by atoms with Gasteiger partial charge in [-0.3, -0.25) is 9.69 Å². The van der Waals surface area contributed by atoms with Gasteiger partial charge in [-0.2, -0.15) is 0 Å². The van der Waals surface area contributed by atoms with E-state index < -0.39 is 0 Å². The summed E-state index contributed by atoms with van der Waals surface area (Å²) in [7, 11) is 1.57. The number of rotatable bonds is 6. The van der Waals surface area contributed by atoms with Crippen LogP contribution in [0.25, 0.3) is 0 Å². The monoisotopic (exact) mass is 446 g/mol. The second-order valence-corrected chi connectivity index (χ2v) is 7.71. The Morgan fingerprint density at radius 1 is 1.03 bits per heavy atom. The molecule has 0 unspecified atom stereocenters. The number of amides is 2. The van der Waals surface area contributed by atoms with Gasteiger partial charge in [-0.25, -0.2) is 14.8 Å². The minimum Gasteiger partial charge on any atom is -0.495 e. The predicted molar refractivity (Wildman–Crippen MR) is 123 cm³/mol. The summed E-state index contributed by atoms with van der Waals surface area (Å²) >= 11 is 0. The molecule has 2 amide bonds. The van der Waals surface area contributed by atoms with E-state index >= 15 is 0 Å². The zero-order valence-electron chi connectivity index (χ0n) is 18.5. The number of hydrogen-bond acceptors (Lipinski definition) is 6. The number of nitrogens with zero attached hydrogens (tertiary/aromatic N) is 4. The van der Waals surface area contributed by atoms with Gasteiger partial charge < -0.3 is 14.4 Å². The number of carbonyl (C=O) groups excluding carboxylic acids is 2. The number of aromatic nitrogens is 2. The predicted octanol–water partition coefficient (Wildman–Crippen LogP) is 4.20. The number of para-hydroxylation sites is 2. The lowest BCUT2D eigenvalue weighted by molar-refractivity contribution is -0.123. The van der Waals surface area contributed by atoms with E-state index in [4.69, 9.17) is 9.47 Å². The summed E-state index contributed by atoms with van der Waals surface area (Å²) in [6.45, 7) is 1.13. The minimum absolute atomic E-state index is 0.0875. The van der Waals surface area contributed by atoms with Gasteiger partial charge in [-0.05, 0) is 36.6 Å². The molecule has 4 rings (SSSR count). The van der Waals surface area contributed by atoms with Crippen molar-refractivity contribution in [2.75, 3.05) is 25.1 Å². The van der Waals surface area contributed by atoms with Gasteiger partial charge in [-0.1, -0.05) is 42.5 Å². The van der Waals surface area contributed by atoms with Crippen LogP contribution in [-0.4, -0.2) is 47.1 Å². The van der Waals surface area contributed by atoms with Crippen molar-refractivity contribution in [1.29, 1.82) is 0 Å². The average molecular weight is 447 g/mol. The lowest BCUT2D eigenvalue weighted by atomic mass is 9.95. The molecule has 8 heteroatoms. The first-order chi connectivity index (χ1) is 16.2. The number of anilines is 2. The van der Waals surface area contributed by atoms with E-state index in [0.717, 1.165) is 5.56 Å². The van der Waals surface area contributed by atoms with Gasteiger partial charge in [0, 0.05) is 25.2 Å². The van der Waals surface area contributed by atoms with Crippen molar-refractivity contribution in [3.05, 3.63) is 78.8 Å². The molecule has 3 aromatic rings. The SMILES string of the molecule is COc1ccccc1N(C(=O)C1CCN(C(=O)OCc2ccccc2)CC1)c1ccncn1. The van der Waals surface area contributed by atoms with Crippen molar-refractivity contribution in [2.24, 2.45) is 5.92 Å². The van der Waals surface area contributed by atoms with E-state index in [1.807, 2.05) is 54.6 Å². The van der Waals surface area contributed by atoms with E-state index in [1.165, 1.54) is 6.33 Å². The first-order valence-electron chi connectivity index (χ1n) is 10.9. The maximum absolute atomic E-state index is 13.6. The topological polar surface area (TPSA) is 84.9 Å². The molecule has 0 radical (unpaired) electrons. The highest BCUT2D eigenvalue weighted by Crippen LogP contribution is 2.35. The summed E-state index contributed by atoms with van der Waals surface area (Å²) in [5.74, 6) is 0.703. The molecule has 0 atom stereocenters. The fraction of sp³-hybridized carbons (Fsp3) is 0.280. The van der Waals surface area contributed by atoms with E-state index in [1.54, 1.807) is 29.2 Å². The number of benzene rings is 2. The molecule has 0 N–H and O–H groups in total. The van der Waals surface area contributed by atoms with Crippen LogP contribution in [0.2, 0.25) is 0 Å². The highest BCUT2D eigenvalue weighted by atomic mass is 16.6. The van der Waals surface area contributed by atoms with Gasteiger partial charge in [0.05, 0.1) is 12.8 Å². The molecule has 1 aromatic heterocycles. The number of ether oxygens (including phenoxy) is 2. The fourth-order valence-electron chi connectivity index (χ4n) is 3.89. The summed E-state index contributed by atoms with van der Waals surface area (Å²) in [4.78, 5) is 37.6. The van der Waals surface area contributed by atoms with Crippen molar-refractivity contribution in [3.8, 4) is 5.75 Å². The molecular weight excluding hydrogens is 420 g/mol. The molecule has 8 nitrogen and oxygen atoms in total. The number of hydrogen-bond donors (Lipinski definition) is 0. The first kappa shape index (κ1) is 22.3. The maximum Gasteiger partial charge on any atom is 0.410 e. The molecule has 33 heavy (non-hydrogen) atoms. The van der Waals surface area contributed by atoms with Crippen LogP contribution in [0.1, 0.15) is 18.4 Å². The molecule has 1 fully saturated rings. The van der Waals surface area contributed by atoms with Crippen LogP contribution in [0, 0.1) is 5.92 Å². The van der Waals surface area contributed by atoms with E-state index in [0.29, 0.717) is 43.2 Å². The third-order valence-corrected chi connectivity index (χ3v) is 5.65. The summed E-state index contributed by atoms with van der Waals surface area (Å²) in [6.07, 6.45) is 3.73. The first-order valence-corrected chi connectivity index (χ1v) is 10.9. The molecule has 0 saturated carbocycles. The standard InChI is InChI=1S/C25H26N4O4/c1-32-22-10-6-5-9-21(22)29(23-11-14-26-18-27-23)24(30)20-12-15-28(16-13-20)25(31)33-17-19-7-3-2-4-8-19/h2-11,14,18,20H,12-13,15-17H2,1H3. The molecule has 2 aromatic carbocycles. The van der Waals surface area contributed by atoms with Crippen molar-refractivity contribution < 1.29 is 19.1 Å². The Labute approximate surface area is 192 Å². The van der Waals surface area contributed by atoms with Crippen LogP contribution in [0.4, 0.5) is 16.3 Å². The van der Waals surface area contributed by atoms with Crippen LogP contribution >= 0.6 is 0 Å². The molecule has 1 aliphatic heterocycles. The zero-order chi connectivity index (χ0) is 23.0. The lowest BCUT2D eigenvalue weighted by Gasteiger charge is -2.33. The summed E-state index contributed by atoms with van der Waals surface area (Å²) in [5, 5.41) is 0. The van der Waals surface area contributed by atoms with Gasteiger partial charge >= 0.3 is 6.09 Å². The molecule has 2 heterocycles. The summed E-state index contributed by atoms with van der Waals surface area (Å²) in [5.41, 5.74) is 1.56. The lowest BCUT2D eigenvalue weighted by Crippen LogP contribution is -2.43. The largest absolute Gasteiger partial charge is 0.495 e. The zero-order valence-corrected chi connectivity index (χ0v) is 18.5. The second-order valence-electron chi connectivity index (χ2n) is 7.71. The third kappa shape index (κ3) is 5.28. The van der Waals surface area contributed by atoms with Crippen LogP contribution in [-0.2, 0) is 16.1 Å². The maximum atomic E-state index is 13.6. The van der Waals surface area contributed by atoms with Gasteiger partial charge in [0.1, 0.15) is 24.5 Å². The van der Waals surface area contributed by atoms with Gasteiger partial charge in [-0.15, -0.1) is 0 Å². The Hall–Kier alpha value is -3.94. The van der Waals surface area contributed by atoms with Gasteiger partial charge in [0.25, 0.3) is 0 Å². The minimum atomic E-state index is -0.359.